The molecule has 0 fully saturated rings. The highest BCUT2D eigenvalue weighted by atomic mass is 35.5. The van der Waals surface area contributed by atoms with Gasteiger partial charge in [0.05, 0.1) is 16.7 Å². The third kappa shape index (κ3) is 2.83. The molecule has 4 heteroatoms. The van der Waals surface area contributed by atoms with Crippen LogP contribution in [-0.2, 0) is 0 Å². The zero-order valence-electron chi connectivity index (χ0n) is 17.1. The van der Waals surface area contributed by atoms with Gasteiger partial charge in [0.15, 0.2) is 0 Å². The summed E-state index contributed by atoms with van der Waals surface area (Å²) in [4.78, 5) is 0. The van der Waals surface area contributed by atoms with Crippen molar-refractivity contribution in [1.82, 2.24) is 4.68 Å². The van der Waals surface area contributed by atoms with Gasteiger partial charge in [-0.05, 0) is 73.5 Å². The van der Waals surface area contributed by atoms with Crippen LogP contribution in [0.3, 0.4) is 0 Å². The van der Waals surface area contributed by atoms with E-state index in [1.165, 1.54) is 21.9 Å². The van der Waals surface area contributed by atoms with E-state index in [0.29, 0.717) is 10.0 Å². The molecule has 0 unspecified atom stereocenters. The van der Waals surface area contributed by atoms with Crippen molar-refractivity contribution in [2.75, 3.05) is 0 Å². The number of nitrogens with zero attached hydrogens (tertiary/aromatic N) is 2. The Balaban J connectivity index is 1.71. The molecular formula is C27H18Cl2N2. The average Bonchev–Trinajstić information content (AvgIpc) is 3.20. The van der Waals surface area contributed by atoms with Gasteiger partial charge >= 0.3 is 0 Å². The smallest absolute Gasteiger partial charge is 0.0997 e. The molecule has 0 N–H and O–H groups in total. The van der Waals surface area contributed by atoms with Gasteiger partial charge in [0.25, 0.3) is 0 Å². The van der Waals surface area contributed by atoms with E-state index in [-0.39, 0.29) is 0 Å². The molecule has 0 saturated carbocycles. The molecule has 0 bridgehead atoms. The van der Waals surface area contributed by atoms with Gasteiger partial charge in [0, 0.05) is 31.9 Å². The first-order chi connectivity index (χ1) is 15.0. The van der Waals surface area contributed by atoms with E-state index in [0.717, 1.165) is 39.0 Å². The molecule has 0 aliphatic heterocycles. The van der Waals surface area contributed by atoms with E-state index < -0.39 is 0 Å². The van der Waals surface area contributed by atoms with Crippen molar-refractivity contribution in [3.8, 4) is 11.1 Å². The predicted octanol–water partition coefficient (Wildman–Crippen LogP) is 8.00. The SMILES string of the molecule is Cc1ccc2c(c1)c1cc(C)ccc1n2N=C1c2ccc(Cl)cc2-c2cc(Cl)ccc21. The number of hydrogen-bond acceptors (Lipinski definition) is 1. The van der Waals surface area contributed by atoms with Gasteiger partial charge in [-0.3, -0.25) is 0 Å². The molecule has 0 atom stereocenters. The highest BCUT2D eigenvalue weighted by molar-refractivity contribution is 6.34. The molecule has 0 amide bonds. The maximum absolute atomic E-state index is 6.33. The van der Waals surface area contributed by atoms with Crippen LogP contribution < -0.4 is 0 Å². The molecule has 0 radical (unpaired) electrons. The molecule has 0 spiro atoms. The van der Waals surface area contributed by atoms with Crippen molar-refractivity contribution in [3.63, 3.8) is 0 Å². The molecule has 0 saturated heterocycles. The largest absolute Gasteiger partial charge is 0.232 e. The van der Waals surface area contributed by atoms with Crippen molar-refractivity contribution < 1.29 is 0 Å². The molecule has 1 aliphatic rings. The first-order valence-corrected chi connectivity index (χ1v) is 11.0. The number of aromatic nitrogens is 1. The number of halogens is 2. The van der Waals surface area contributed by atoms with Gasteiger partial charge in [0.2, 0.25) is 0 Å². The second-order valence-corrected chi connectivity index (χ2v) is 9.05. The van der Waals surface area contributed by atoms with Crippen LogP contribution in [0.15, 0.2) is 77.9 Å². The Labute approximate surface area is 190 Å². The van der Waals surface area contributed by atoms with Crippen LogP contribution in [0, 0.1) is 13.8 Å². The molecule has 1 aromatic heterocycles. The molecule has 31 heavy (non-hydrogen) atoms. The molecule has 150 valence electrons. The van der Waals surface area contributed by atoms with Gasteiger partial charge in [0.1, 0.15) is 0 Å². The standard InChI is InChI=1S/C27H18Cl2N2/c1-15-3-9-25-23(11-15)24-12-16(2)4-10-26(24)31(25)30-27-19-7-5-17(28)13-21(19)22-14-18(29)6-8-20(22)27/h3-14H,1-2H3. The van der Waals surface area contributed by atoms with E-state index in [4.69, 9.17) is 28.3 Å². The fraction of sp³-hybridized carbons (Fsp3) is 0.0741. The summed E-state index contributed by atoms with van der Waals surface area (Å²) in [5.74, 6) is 0. The summed E-state index contributed by atoms with van der Waals surface area (Å²) in [5, 5.41) is 9.06. The monoisotopic (exact) mass is 440 g/mol. The average molecular weight is 441 g/mol. The van der Waals surface area contributed by atoms with E-state index in [2.05, 4.69) is 54.9 Å². The maximum Gasteiger partial charge on any atom is 0.0997 e. The lowest BCUT2D eigenvalue weighted by molar-refractivity contribution is 0.967. The lowest BCUT2D eigenvalue weighted by Gasteiger charge is -2.06. The van der Waals surface area contributed by atoms with Crippen molar-refractivity contribution in [1.29, 1.82) is 0 Å². The summed E-state index contributed by atoms with van der Waals surface area (Å²) < 4.78 is 2.07. The normalized spacial score (nSPS) is 12.5. The molecule has 1 heterocycles. The summed E-state index contributed by atoms with van der Waals surface area (Å²) in [6.07, 6.45) is 0. The van der Waals surface area contributed by atoms with Crippen LogP contribution in [0.1, 0.15) is 22.3 Å². The summed E-state index contributed by atoms with van der Waals surface area (Å²) in [6.45, 7) is 4.25. The molecule has 4 aromatic carbocycles. The number of rotatable bonds is 1. The van der Waals surface area contributed by atoms with Crippen LogP contribution in [0.5, 0.6) is 0 Å². The van der Waals surface area contributed by atoms with Crippen molar-refractivity contribution in [2.45, 2.75) is 13.8 Å². The fourth-order valence-corrected chi connectivity index (χ4v) is 4.93. The Bertz CT molecular complexity index is 1460. The number of aryl methyl sites for hydroxylation is 2. The van der Waals surface area contributed by atoms with Gasteiger partial charge in [-0.25, -0.2) is 4.68 Å². The van der Waals surface area contributed by atoms with E-state index >= 15 is 0 Å². The second-order valence-electron chi connectivity index (χ2n) is 8.18. The summed E-state index contributed by atoms with van der Waals surface area (Å²) in [5.41, 5.74) is 9.86. The Morgan fingerprint density at radius 3 is 1.55 bits per heavy atom. The van der Waals surface area contributed by atoms with E-state index in [9.17, 15) is 0 Å². The minimum atomic E-state index is 0.703. The summed E-state index contributed by atoms with van der Waals surface area (Å²) in [7, 11) is 0. The molecule has 1 aliphatic carbocycles. The summed E-state index contributed by atoms with van der Waals surface area (Å²) >= 11 is 12.7. The molecular weight excluding hydrogens is 423 g/mol. The minimum Gasteiger partial charge on any atom is -0.232 e. The first kappa shape index (κ1) is 18.7. The Morgan fingerprint density at radius 2 is 1.06 bits per heavy atom. The lowest BCUT2D eigenvalue weighted by Crippen LogP contribution is -2.02. The van der Waals surface area contributed by atoms with Crippen LogP contribution >= 0.6 is 23.2 Å². The maximum atomic E-state index is 6.33. The zero-order valence-corrected chi connectivity index (χ0v) is 18.6. The van der Waals surface area contributed by atoms with Gasteiger partial charge in [-0.15, -0.1) is 0 Å². The highest BCUT2D eigenvalue weighted by Gasteiger charge is 2.26. The number of fused-ring (bicyclic) bond motifs is 6. The zero-order chi connectivity index (χ0) is 21.3. The van der Waals surface area contributed by atoms with E-state index in [1.807, 2.05) is 36.4 Å². The fourth-order valence-electron chi connectivity index (χ4n) is 4.58. The molecule has 6 rings (SSSR count). The van der Waals surface area contributed by atoms with Gasteiger partial charge < -0.3 is 0 Å². The third-order valence-electron chi connectivity index (χ3n) is 6.01. The molecule has 2 nitrogen and oxygen atoms in total. The summed E-state index contributed by atoms with van der Waals surface area (Å²) in [6, 6.07) is 25.0. The number of benzene rings is 4. The quantitative estimate of drug-likeness (QED) is 0.246. The topological polar surface area (TPSA) is 17.3 Å². The van der Waals surface area contributed by atoms with Crippen LogP contribution in [0.25, 0.3) is 32.9 Å². The first-order valence-electron chi connectivity index (χ1n) is 10.2. The second kappa shape index (κ2) is 6.71. The molecule has 5 aromatic rings. The Hall–Kier alpha value is -3.07. The highest BCUT2D eigenvalue weighted by Crippen LogP contribution is 2.40. The lowest BCUT2D eigenvalue weighted by atomic mass is 10.1. The van der Waals surface area contributed by atoms with Crippen LogP contribution in [0.2, 0.25) is 10.0 Å². The van der Waals surface area contributed by atoms with Crippen LogP contribution in [-0.4, -0.2) is 10.4 Å². The number of hydrogen-bond donors (Lipinski definition) is 0. The Kier molecular flexibility index (Phi) is 4.05. The van der Waals surface area contributed by atoms with Gasteiger partial charge in [-0.1, -0.05) is 58.6 Å². The van der Waals surface area contributed by atoms with Crippen molar-refractivity contribution in [3.05, 3.63) is 105 Å². The third-order valence-corrected chi connectivity index (χ3v) is 6.48. The van der Waals surface area contributed by atoms with Crippen molar-refractivity contribution in [2.24, 2.45) is 5.10 Å². The van der Waals surface area contributed by atoms with Crippen molar-refractivity contribution >= 4 is 50.7 Å². The van der Waals surface area contributed by atoms with Crippen LogP contribution in [0.4, 0.5) is 0 Å². The Morgan fingerprint density at radius 1 is 0.581 bits per heavy atom. The predicted molar refractivity (Wildman–Crippen MR) is 132 cm³/mol. The van der Waals surface area contributed by atoms with Gasteiger partial charge in [-0.2, -0.15) is 5.10 Å². The minimum absolute atomic E-state index is 0.703. The van der Waals surface area contributed by atoms with E-state index in [1.54, 1.807) is 0 Å².